The Balaban J connectivity index is 1.67. The summed E-state index contributed by atoms with van der Waals surface area (Å²) in [7, 11) is 1.55. The normalized spacial score (nSPS) is 15.9. The summed E-state index contributed by atoms with van der Waals surface area (Å²) in [6.45, 7) is 2.22. The molecule has 0 saturated carbocycles. The average Bonchev–Trinajstić information content (AvgIpc) is 3.47. The van der Waals surface area contributed by atoms with E-state index in [9.17, 15) is 9.59 Å². The van der Waals surface area contributed by atoms with Crippen LogP contribution in [-0.2, 0) is 14.3 Å². The van der Waals surface area contributed by atoms with Crippen molar-refractivity contribution < 1.29 is 14.3 Å². The molecular weight excluding hydrogens is 468 g/mol. The summed E-state index contributed by atoms with van der Waals surface area (Å²) < 4.78 is 12.6. The highest BCUT2D eigenvalue weighted by Crippen LogP contribution is 2.33. The first-order valence-electron chi connectivity index (χ1n) is 10.8. The first-order chi connectivity index (χ1) is 16.6. The third-order valence-corrected chi connectivity index (χ3v) is 7.59. The Morgan fingerprint density at radius 1 is 1.12 bits per heavy atom. The second-order valence-electron chi connectivity index (χ2n) is 7.79. The highest BCUT2D eigenvalue weighted by molar-refractivity contribution is 7.10. The number of methoxy groups -OCH3 is 1. The monoisotopic (exact) mass is 490 g/mol. The number of allylic oxidation sites excluding steroid dienone is 1. The van der Waals surface area contributed by atoms with Gasteiger partial charge in [-0.05, 0) is 40.8 Å². The Labute approximate surface area is 203 Å². The molecule has 2 aromatic heterocycles. The van der Waals surface area contributed by atoms with Gasteiger partial charge in [-0.25, -0.2) is 9.79 Å². The summed E-state index contributed by atoms with van der Waals surface area (Å²) in [5.41, 5.74) is 1.72. The van der Waals surface area contributed by atoms with Gasteiger partial charge in [-0.3, -0.25) is 9.36 Å². The van der Waals surface area contributed by atoms with E-state index in [2.05, 4.69) is 17.1 Å². The highest BCUT2D eigenvalue weighted by atomic mass is 32.1. The van der Waals surface area contributed by atoms with E-state index in [1.807, 2.05) is 53.9 Å². The number of benzene rings is 2. The molecule has 1 aliphatic heterocycles. The lowest BCUT2D eigenvalue weighted by atomic mass is 10.0. The molecular formula is C26H22N2O4S2. The van der Waals surface area contributed by atoms with E-state index in [1.165, 1.54) is 22.7 Å². The van der Waals surface area contributed by atoms with Crippen LogP contribution in [0.1, 0.15) is 23.4 Å². The standard InChI is InChI=1S/C26H22N2O4S2/c1-16-22(25(30)32-13-12-31-2)23(20-11-6-14-33-20)28-24(29)21(34-26(28)27-16)15-18-9-5-8-17-7-3-4-10-19(17)18/h3-11,14-15,23H,12-13H2,1-2H3/b21-15+/t23-/m0/s1. The molecule has 2 aromatic carbocycles. The molecule has 6 nitrogen and oxygen atoms in total. The quantitative estimate of drug-likeness (QED) is 0.306. The minimum atomic E-state index is -0.582. The molecule has 4 aromatic rings. The van der Waals surface area contributed by atoms with Crippen molar-refractivity contribution in [3.8, 4) is 0 Å². The van der Waals surface area contributed by atoms with Gasteiger partial charge in [-0.15, -0.1) is 11.3 Å². The lowest BCUT2D eigenvalue weighted by Gasteiger charge is -2.23. The number of rotatable bonds is 6. The van der Waals surface area contributed by atoms with E-state index < -0.39 is 12.0 Å². The van der Waals surface area contributed by atoms with Crippen molar-refractivity contribution in [1.82, 2.24) is 4.57 Å². The molecule has 0 saturated heterocycles. The van der Waals surface area contributed by atoms with Gasteiger partial charge >= 0.3 is 5.97 Å². The van der Waals surface area contributed by atoms with Gasteiger partial charge in [0, 0.05) is 12.0 Å². The summed E-state index contributed by atoms with van der Waals surface area (Å²) in [5.74, 6) is -0.486. The van der Waals surface area contributed by atoms with Crippen LogP contribution in [0.3, 0.4) is 0 Å². The minimum Gasteiger partial charge on any atom is -0.460 e. The van der Waals surface area contributed by atoms with Gasteiger partial charge in [0.1, 0.15) is 12.6 Å². The molecule has 0 radical (unpaired) electrons. The fraction of sp³-hybridized carbons (Fsp3) is 0.192. The predicted octanol–water partition coefficient (Wildman–Crippen LogP) is 3.64. The molecule has 5 rings (SSSR count). The predicted molar refractivity (Wildman–Crippen MR) is 135 cm³/mol. The largest absolute Gasteiger partial charge is 0.460 e. The maximum absolute atomic E-state index is 13.7. The highest BCUT2D eigenvalue weighted by Gasteiger charge is 2.34. The second kappa shape index (κ2) is 9.50. The van der Waals surface area contributed by atoms with E-state index in [1.54, 1.807) is 18.6 Å². The van der Waals surface area contributed by atoms with Gasteiger partial charge in [-0.1, -0.05) is 59.9 Å². The molecule has 172 valence electrons. The number of hydrogen-bond donors (Lipinski definition) is 0. The smallest absolute Gasteiger partial charge is 0.338 e. The van der Waals surface area contributed by atoms with Crippen molar-refractivity contribution in [3.63, 3.8) is 0 Å². The minimum absolute atomic E-state index is 0.134. The van der Waals surface area contributed by atoms with Crippen LogP contribution in [-0.4, -0.2) is 30.9 Å². The van der Waals surface area contributed by atoms with Gasteiger partial charge in [0.25, 0.3) is 5.56 Å². The Morgan fingerprint density at radius 2 is 1.94 bits per heavy atom. The molecule has 8 heteroatoms. The maximum Gasteiger partial charge on any atom is 0.338 e. The Bertz CT molecular complexity index is 1570. The van der Waals surface area contributed by atoms with Gasteiger partial charge < -0.3 is 9.47 Å². The zero-order valence-electron chi connectivity index (χ0n) is 18.7. The van der Waals surface area contributed by atoms with Crippen LogP contribution >= 0.6 is 22.7 Å². The van der Waals surface area contributed by atoms with Gasteiger partial charge in [-0.2, -0.15) is 0 Å². The van der Waals surface area contributed by atoms with Crippen LogP contribution < -0.4 is 14.9 Å². The fourth-order valence-electron chi connectivity index (χ4n) is 4.11. The molecule has 3 heterocycles. The van der Waals surface area contributed by atoms with Crippen LogP contribution in [0.15, 0.2) is 81.0 Å². The topological polar surface area (TPSA) is 69.9 Å². The number of esters is 1. The zero-order valence-corrected chi connectivity index (χ0v) is 20.3. The van der Waals surface area contributed by atoms with Gasteiger partial charge in [0.05, 0.1) is 22.4 Å². The number of fused-ring (bicyclic) bond motifs is 2. The average molecular weight is 491 g/mol. The number of thiophene rings is 1. The molecule has 0 fully saturated rings. The number of carbonyl (C=O) groups is 1. The molecule has 0 unspecified atom stereocenters. The SMILES string of the molecule is COCCOC(=O)C1=C(C)N=c2s/c(=C/c3cccc4ccccc34)c(=O)n2[C@H]1c1cccs1. The summed E-state index contributed by atoms with van der Waals surface area (Å²) >= 11 is 2.83. The number of carbonyl (C=O) groups excluding carboxylic acids is 1. The number of nitrogens with zero attached hydrogens (tertiary/aromatic N) is 2. The van der Waals surface area contributed by atoms with Crippen molar-refractivity contribution in [2.24, 2.45) is 4.99 Å². The second-order valence-corrected chi connectivity index (χ2v) is 9.78. The molecule has 0 bridgehead atoms. The Hall–Kier alpha value is -3.33. The molecule has 1 aliphatic rings. The number of thiazole rings is 1. The summed E-state index contributed by atoms with van der Waals surface area (Å²) in [5, 5.41) is 4.12. The number of hydrogen-bond acceptors (Lipinski definition) is 7. The van der Waals surface area contributed by atoms with E-state index >= 15 is 0 Å². The Kier molecular flexibility index (Phi) is 6.28. The van der Waals surface area contributed by atoms with Crippen LogP contribution in [0.2, 0.25) is 0 Å². The van der Waals surface area contributed by atoms with Crippen LogP contribution in [0.25, 0.3) is 16.8 Å². The van der Waals surface area contributed by atoms with Crippen LogP contribution in [0, 0.1) is 0 Å². The summed E-state index contributed by atoms with van der Waals surface area (Å²) in [6.07, 6.45) is 1.91. The molecule has 0 amide bonds. The van der Waals surface area contributed by atoms with Crippen molar-refractivity contribution in [2.45, 2.75) is 13.0 Å². The zero-order chi connectivity index (χ0) is 23.7. The first-order valence-corrected chi connectivity index (χ1v) is 12.5. The van der Waals surface area contributed by atoms with Crippen molar-refractivity contribution in [2.75, 3.05) is 20.3 Å². The number of ether oxygens (including phenoxy) is 2. The van der Waals surface area contributed by atoms with Gasteiger partial charge in [0.2, 0.25) is 0 Å². The van der Waals surface area contributed by atoms with Gasteiger partial charge in [0.15, 0.2) is 4.80 Å². The number of aromatic nitrogens is 1. The molecule has 1 atom stereocenters. The Morgan fingerprint density at radius 3 is 2.74 bits per heavy atom. The van der Waals surface area contributed by atoms with Crippen LogP contribution in [0.4, 0.5) is 0 Å². The van der Waals surface area contributed by atoms with E-state index in [0.717, 1.165) is 21.2 Å². The third kappa shape index (κ3) is 4.04. The lowest BCUT2D eigenvalue weighted by molar-refractivity contribution is -0.140. The lowest BCUT2D eigenvalue weighted by Crippen LogP contribution is -2.39. The molecule has 0 aliphatic carbocycles. The van der Waals surface area contributed by atoms with Crippen LogP contribution in [0.5, 0.6) is 0 Å². The molecule has 0 spiro atoms. The first kappa shape index (κ1) is 22.5. The maximum atomic E-state index is 13.7. The third-order valence-electron chi connectivity index (χ3n) is 5.68. The fourth-order valence-corrected chi connectivity index (χ4v) is 5.97. The van der Waals surface area contributed by atoms with E-state index in [4.69, 9.17) is 9.47 Å². The molecule has 0 N–H and O–H groups in total. The van der Waals surface area contributed by atoms with Crippen molar-refractivity contribution in [1.29, 1.82) is 0 Å². The van der Waals surface area contributed by atoms with Crippen molar-refractivity contribution in [3.05, 3.63) is 101 Å². The molecule has 34 heavy (non-hydrogen) atoms. The summed E-state index contributed by atoms with van der Waals surface area (Å²) in [6, 6.07) is 17.4. The van der Waals surface area contributed by atoms with E-state index in [0.29, 0.717) is 27.2 Å². The van der Waals surface area contributed by atoms with E-state index in [-0.39, 0.29) is 12.2 Å². The summed E-state index contributed by atoms with van der Waals surface area (Å²) in [4.78, 5) is 32.8. The van der Waals surface area contributed by atoms with Crippen molar-refractivity contribution >= 4 is 45.5 Å².